The predicted molar refractivity (Wildman–Crippen MR) is 121 cm³/mol. The molecule has 1 unspecified atom stereocenters. The highest BCUT2D eigenvalue weighted by molar-refractivity contribution is 7.99. The number of ether oxygens (including phenoxy) is 2. The molecule has 0 bridgehead atoms. The van der Waals surface area contributed by atoms with Gasteiger partial charge in [0.2, 0.25) is 0 Å². The van der Waals surface area contributed by atoms with Crippen LogP contribution in [0.2, 0.25) is 0 Å². The van der Waals surface area contributed by atoms with E-state index in [1.807, 2.05) is 24.3 Å². The van der Waals surface area contributed by atoms with Gasteiger partial charge in [-0.15, -0.1) is 0 Å². The van der Waals surface area contributed by atoms with Crippen LogP contribution in [0.3, 0.4) is 0 Å². The molecule has 1 saturated heterocycles. The van der Waals surface area contributed by atoms with Gasteiger partial charge in [0, 0.05) is 29.9 Å². The molecule has 0 saturated carbocycles. The number of thioether (sulfide) groups is 1. The van der Waals surface area contributed by atoms with E-state index < -0.39 is 12.0 Å². The number of aromatic nitrogens is 2. The van der Waals surface area contributed by atoms with Crippen LogP contribution in [0, 0.1) is 0 Å². The molecule has 1 aromatic heterocycles. The molecular formula is C22H27N5O4S. The summed E-state index contributed by atoms with van der Waals surface area (Å²) < 4.78 is 10.6. The Morgan fingerprint density at radius 3 is 2.84 bits per heavy atom. The monoisotopic (exact) mass is 457 g/mol. The van der Waals surface area contributed by atoms with Crippen LogP contribution < -0.4 is 10.6 Å². The van der Waals surface area contributed by atoms with Gasteiger partial charge in [-0.2, -0.15) is 0 Å². The number of carbonyl (C=O) groups excluding carboxylic acids is 2. The van der Waals surface area contributed by atoms with E-state index in [0.29, 0.717) is 36.8 Å². The SMILES string of the molecule is CCOC(=O)C1=C(CSc2nc(CN3CCOCC3)nc3ccccc23)NC(=O)NC1C. The number of fused-ring (bicyclic) bond motifs is 1. The van der Waals surface area contributed by atoms with Crippen molar-refractivity contribution in [1.82, 2.24) is 25.5 Å². The van der Waals surface area contributed by atoms with Crippen LogP contribution in [0.25, 0.3) is 10.9 Å². The lowest BCUT2D eigenvalue weighted by atomic mass is 10.1. The number of para-hydroxylation sites is 1. The average Bonchev–Trinajstić information content (AvgIpc) is 2.78. The lowest BCUT2D eigenvalue weighted by Crippen LogP contribution is -2.49. The first-order chi connectivity index (χ1) is 15.5. The van der Waals surface area contributed by atoms with Crippen molar-refractivity contribution in [3.8, 4) is 0 Å². The first kappa shape index (κ1) is 22.5. The van der Waals surface area contributed by atoms with Crippen molar-refractivity contribution in [3.05, 3.63) is 41.4 Å². The molecule has 2 aromatic rings. The third-order valence-corrected chi connectivity index (χ3v) is 6.32. The third-order valence-electron chi connectivity index (χ3n) is 5.30. The molecule has 2 N–H and O–H groups in total. The summed E-state index contributed by atoms with van der Waals surface area (Å²) in [7, 11) is 0. The number of nitrogens with one attached hydrogen (secondary N) is 2. The maximum atomic E-state index is 12.5. The van der Waals surface area contributed by atoms with Gasteiger partial charge in [-0.3, -0.25) is 4.90 Å². The van der Waals surface area contributed by atoms with E-state index in [9.17, 15) is 9.59 Å². The van der Waals surface area contributed by atoms with Crippen LogP contribution in [-0.4, -0.2) is 71.6 Å². The summed E-state index contributed by atoms with van der Waals surface area (Å²) in [5.41, 5.74) is 1.85. The quantitative estimate of drug-likeness (QED) is 0.370. The van der Waals surface area contributed by atoms with E-state index in [-0.39, 0.29) is 12.6 Å². The fourth-order valence-corrected chi connectivity index (χ4v) is 4.77. The summed E-state index contributed by atoms with van der Waals surface area (Å²) in [6, 6.07) is 7.11. The van der Waals surface area contributed by atoms with Gasteiger partial charge in [-0.25, -0.2) is 19.6 Å². The topological polar surface area (TPSA) is 106 Å². The molecule has 1 fully saturated rings. The third kappa shape index (κ3) is 5.20. The minimum Gasteiger partial charge on any atom is -0.463 e. The number of rotatable bonds is 7. The summed E-state index contributed by atoms with van der Waals surface area (Å²) in [6.45, 7) is 7.58. The number of amides is 2. The zero-order chi connectivity index (χ0) is 22.5. The molecule has 0 radical (unpaired) electrons. The van der Waals surface area contributed by atoms with Crippen molar-refractivity contribution in [2.24, 2.45) is 0 Å². The fraction of sp³-hybridized carbons (Fsp3) is 0.455. The van der Waals surface area contributed by atoms with E-state index in [4.69, 9.17) is 19.4 Å². The number of morpholine rings is 1. The Kier molecular flexibility index (Phi) is 7.23. The molecule has 32 heavy (non-hydrogen) atoms. The van der Waals surface area contributed by atoms with Gasteiger partial charge in [0.25, 0.3) is 0 Å². The Morgan fingerprint density at radius 2 is 2.06 bits per heavy atom. The van der Waals surface area contributed by atoms with E-state index >= 15 is 0 Å². The highest BCUT2D eigenvalue weighted by atomic mass is 32.2. The van der Waals surface area contributed by atoms with Crippen LogP contribution in [0.15, 0.2) is 40.6 Å². The zero-order valence-electron chi connectivity index (χ0n) is 18.2. The van der Waals surface area contributed by atoms with Crippen LogP contribution in [-0.2, 0) is 20.8 Å². The molecule has 2 aliphatic rings. The summed E-state index contributed by atoms with van der Waals surface area (Å²) in [5, 5.41) is 7.25. The number of carbonyl (C=O) groups is 2. The van der Waals surface area contributed by atoms with Crippen LogP contribution in [0.1, 0.15) is 19.7 Å². The fourth-order valence-electron chi connectivity index (χ4n) is 3.77. The number of urea groups is 1. The molecule has 170 valence electrons. The van der Waals surface area contributed by atoms with E-state index in [1.54, 1.807) is 13.8 Å². The molecule has 1 atom stereocenters. The standard InChI is InChI=1S/C22H27N5O4S/c1-3-31-21(28)19-14(2)23-22(29)25-17(19)13-32-20-15-6-4-5-7-16(15)24-18(26-20)12-27-8-10-30-11-9-27/h4-7,14H,3,8-13H2,1-2H3,(H2,23,25,29). The van der Waals surface area contributed by atoms with Crippen molar-refractivity contribution in [3.63, 3.8) is 0 Å². The van der Waals surface area contributed by atoms with Gasteiger partial charge < -0.3 is 20.1 Å². The Bertz CT molecular complexity index is 1040. The number of hydrogen-bond donors (Lipinski definition) is 2. The van der Waals surface area contributed by atoms with Crippen LogP contribution >= 0.6 is 11.8 Å². The maximum Gasteiger partial charge on any atom is 0.337 e. The molecule has 2 aliphatic heterocycles. The van der Waals surface area contributed by atoms with Crippen LogP contribution in [0.4, 0.5) is 4.79 Å². The second-order valence-electron chi connectivity index (χ2n) is 7.57. The van der Waals surface area contributed by atoms with E-state index in [0.717, 1.165) is 34.8 Å². The minimum atomic E-state index is -0.433. The Morgan fingerprint density at radius 1 is 1.28 bits per heavy atom. The molecular weight excluding hydrogens is 430 g/mol. The molecule has 9 nitrogen and oxygen atoms in total. The molecule has 0 aliphatic carbocycles. The van der Waals surface area contributed by atoms with Gasteiger partial charge in [0.1, 0.15) is 10.9 Å². The number of esters is 1. The second kappa shape index (κ2) is 10.3. The molecule has 2 amide bonds. The summed E-state index contributed by atoms with van der Waals surface area (Å²) in [5.74, 6) is 0.697. The Labute approximate surface area is 190 Å². The van der Waals surface area contributed by atoms with Crippen molar-refractivity contribution in [1.29, 1.82) is 0 Å². The lowest BCUT2D eigenvalue weighted by molar-refractivity contribution is -0.138. The van der Waals surface area contributed by atoms with Gasteiger partial charge >= 0.3 is 12.0 Å². The number of hydrogen-bond acceptors (Lipinski definition) is 8. The zero-order valence-corrected chi connectivity index (χ0v) is 19.0. The first-order valence-electron chi connectivity index (χ1n) is 10.7. The van der Waals surface area contributed by atoms with Crippen molar-refractivity contribution < 1.29 is 19.1 Å². The largest absolute Gasteiger partial charge is 0.463 e. The first-order valence-corrected chi connectivity index (χ1v) is 11.7. The smallest absolute Gasteiger partial charge is 0.337 e. The second-order valence-corrected chi connectivity index (χ2v) is 8.54. The molecule has 4 rings (SSSR count). The molecule has 10 heteroatoms. The Balaban J connectivity index is 1.61. The van der Waals surface area contributed by atoms with Crippen molar-refractivity contribution in [2.75, 3.05) is 38.7 Å². The summed E-state index contributed by atoms with van der Waals surface area (Å²) >= 11 is 1.47. The van der Waals surface area contributed by atoms with E-state index in [2.05, 4.69) is 15.5 Å². The highest BCUT2D eigenvalue weighted by Gasteiger charge is 2.29. The Hall–Kier alpha value is -2.69. The maximum absolute atomic E-state index is 12.5. The lowest BCUT2D eigenvalue weighted by Gasteiger charge is -2.27. The van der Waals surface area contributed by atoms with Crippen molar-refractivity contribution in [2.45, 2.75) is 31.5 Å². The number of benzene rings is 1. The molecule has 0 spiro atoms. The van der Waals surface area contributed by atoms with E-state index in [1.165, 1.54) is 11.8 Å². The summed E-state index contributed by atoms with van der Waals surface area (Å²) in [6.07, 6.45) is 0. The van der Waals surface area contributed by atoms with Gasteiger partial charge in [0.15, 0.2) is 0 Å². The molecule has 3 heterocycles. The summed E-state index contributed by atoms with van der Waals surface area (Å²) in [4.78, 5) is 36.4. The molecule has 1 aromatic carbocycles. The normalized spacial score (nSPS) is 19.6. The predicted octanol–water partition coefficient (Wildman–Crippen LogP) is 2.07. The van der Waals surface area contributed by atoms with Crippen LogP contribution in [0.5, 0.6) is 0 Å². The average molecular weight is 458 g/mol. The number of nitrogens with zero attached hydrogens (tertiary/aromatic N) is 3. The van der Waals surface area contributed by atoms with Crippen molar-refractivity contribution >= 4 is 34.7 Å². The van der Waals surface area contributed by atoms with Gasteiger partial charge in [-0.1, -0.05) is 30.0 Å². The minimum absolute atomic E-state index is 0.269. The van der Waals surface area contributed by atoms with Gasteiger partial charge in [0.05, 0.1) is 43.5 Å². The highest BCUT2D eigenvalue weighted by Crippen LogP contribution is 2.28. The van der Waals surface area contributed by atoms with Gasteiger partial charge in [-0.05, 0) is 19.9 Å².